The van der Waals surface area contributed by atoms with Gasteiger partial charge in [-0.25, -0.2) is 18.3 Å². The molecule has 1 rings (SSSR count). The molecule has 0 radical (unpaired) electrons. The van der Waals surface area contributed by atoms with Crippen LogP contribution in [0.25, 0.3) is 0 Å². The Labute approximate surface area is 80.3 Å². The van der Waals surface area contributed by atoms with Crippen molar-refractivity contribution in [3.8, 4) is 0 Å². The van der Waals surface area contributed by atoms with Crippen LogP contribution in [0.15, 0.2) is 6.20 Å². The molecule has 0 unspecified atom stereocenters. The highest BCUT2D eigenvalue weighted by Gasteiger charge is 2.41. The lowest BCUT2D eigenvalue weighted by atomic mass is 10.3. The largest absolute Gasteiger partial charge is 0.476 e. The predicted molar refractivity (Wildman–Crippen MR) is 37.9 cm³/mol. The van der Waals surface area contributed by atoms with Crippen molar-refractivity contribution >= 4 is 5.97 Å². The van der Waals surface area contributed by atoms with Crippen LogP contribution in [-0.2, 0) is 6.54 Å². The molecule has 0 fully saturated rings. The summed E-state index contributed by atoms with van der Waals surface area (Å²) in [5, 5.41) is 14.3. The number of rotatable bonds is 4. The van der Waals surface area contributed by atoms with Crippen molar-refractivity contribution in [2.24, 2.45) is 0 Å². The van der Waals surface area contributed by atoms with Crippen LogP contribution in [0.5, 0.6) is 0 Å². The topological polar surface area (TPSA) is 68.0 Å². The molecule has 0 aliphatic rings. The molecule has 1 aromatic heterocycles. The average Bonchev–Trinajstić information content (AvgIpc) is 2.51. The maximum absolute atomic E-state index is 12.5. The first-order chi connectivity index (χ1) is 6.83. The molecule has 9 heteroatoms. The van der Waals surface area contributed by atoms with Crippen molar-refractivity contribution in [1.29, 1.82) is 0 Å². The quantitative estimate of drug-likeness (QED) is 0.775. The Morgan fingerprint density at radius 2 is 2.20 bits per heavy atom. The summed E-state index contributed by atoms with van der Waals surface area (Å²) >= 11 is 0. The first-order valence-corrected chi connectivity index (χ1v) is 3.62. The van der Waals surface area contributed by atoms with Crippen molar-refractivity contribution in [3.05, 3.63) is 11.9 Å². The lowest BCUT2D eigenvalue weighted by Crippen LogP contribution is -2.32. The van der Waals surface area contributed by atoms with E-state index < -0.39 is 30.6 Å². The molecular weight excluding hydrogens is 222 g/mol. The number of hydrogen-bond donors (Lipinski definition) is 1. The van der Waals surface area contributed by atoms with E-state index in [1.54, 1.807) is 0 Å². The molecule has 0 atom stereocenters. The van der Waals surface area contributed by atoms with E-state index in [0.29, 0.717) is 10.9 Å². The summed E-state index contributed by atoms with van der Waals surface area (Å²) in [6.07, 6.45) is -3.19. The third kappa shape index (κ3) is 2.64. The van der Waals surface area contributed by atoms with Crippen LogP contribution in [0.1, 0.15) is 10.5 Å². The number of halogens is 4. The minimum Gasteiger partial charge on any atom is -0.476 e. The molecule has 0 aliphatic heterocycles. The Balaban J connectivity index is 2.77. The molecule has 84 valence electrons. The third-order valence-corrected chi connectivity index (χ3v) is 1.45. The van der Waals surface area contributed by atoms with Crippen molar-refractivity contribution in [2.75, 3.05) is 0 Å². The van der Waals surface area contributed by atoms with E-state index >= 15 is 0 Å². The van der Waals surface area contributed by atoms with Gasteiger partial charge >= 0.3 is 18.3 Å². The van der Waals surface area contributed by atoms with E-state index in [1.807, 2.05) is 0 Å². The molecule has 1 N–H and O–H groups in total. The highest BCUT2D eigenvalue weighted by Crippen LogP contribution is 2.24. The fraction of sp³-hybridized carbons (Fsp3) is 0.500. The Morgan fingerprint density at radius 3 is 2.60 bits per heavy atom. The third-order valence-electron chi connectivity index (χ3n) is 1.45. The number of carboxylic acids is 1. The van der Waals surface area contributed by atoms with E-state index in [-0.39, 0.29) is 0 Å². The molecule has 0 aliphatic carbocycles. The van der Waals surface area contributed by atoms with Crippen LogP contribution >= 0.6 is 0 Å². The predicted octanol–water partition coefficient (Wildman–Crippen LogP) is 0.877. The van der Waals surface area contributed by atoms with Gasteiger partial charge in [0, 0.05) is 0 Å². The van der Waals surface area contributed by atoms with Crippen molar-refractivity contribution in [2.45, 2.75) is 18.9 Å². The van der Waals surface area contributed by atoms with Gasteiger partial charge in [-0.1, -0.05) is 5.21 Å². The fourth-order valence-electron chi connectivity index (χ4n) is 0.759. The van der Waals surface area contributed by atoms with Crippen LogP contribution in [-0.4, -0.2) is 38.4 Å². The van der Waals surface area contributed by atoms with Crippen LogP contribution in [0.2, 0.25) is 0 Å². The summed E-state index contributed by atoms with van der Waals surface area (Å²) in [6, 6.07) is 0. The second-order valence-corrected chi connectivity index (χ2v) is 2.67. The van der Waals surface area contributed by atoms with Crippen molar-refractivity contribution in [1.82, 2.24) is 15.0 Å². The van der Waals surface area contributed by atoms with Crippen LogP contribution < -0.4 is 0 Å². The minimum absolute atomic E-state index is 0.357. The van der Waals surface area contributed by atoms with Gasteiger partial charge in [0.25, 0.3) is 0 Å². The number of carbonyl (C=O) groups is 1. The molecule has 0 saturated heterocycles. The molecule has 0 saturated carbocycles. The van der Waals surface area contributed by atoms with Gasteiger partial charge in [-0.3, -0.25) is 0 Å². The molecule has 1 aromatic rings. The molecular formula is C6H5F4N3O2. The maximum Gasteiger partial charge on any atom is 0.358 e. The van der Waals surface area contributed by atoms with Crippen LogP contribution in [0.4, 0.5) is 17.6 Å². The van der Waals surface area contributed by atoms with Gasteiger partial charge < -0.3 is 5.11 Å². The Hall–Kier alpha value is -1.67. The molecule has 0 spiro atoms. The average molecular weight is 227 g/mol. The van der Waals surface area contributed by atoms with Gasteiger partial charge in [0.1, 0.15) is 6.54 Å². The molecule has 1 heterocycles. The zero-order valence-corrected chi connectivity index (χ0v) is 7.07. The van der Waals surface area contributed by atoms with E-state index in [2.05, 4.69) is 10.3 Å². The van der Waals surface area contributed by atoms with Crippen molar-refractivity contribution in [3.63, 3.8) is 0 Å². The summed E-state index contributed by atoms with van der Waals surface area (Å²) in [6.45, 7) is -1.41. The van der Waals surface area contributed by atoms with Gasteiger partial charge in [-0.2, -0.15) is 8.78 Å². The smallest absolute Gasteiger partial charge is 0.358 e. The molecule has 0 aromatic carbocycles. The number of carboxylic acid groups (broad SMARTS) is 1. The van der Waals surface area contributed by atoms with Crippen molar-refractivity contribution < 1.29 is 27.5 Å². The number of aromatic nitrogens is 3. The van der Waals surface area contributed by atoms with Gasteiger partial charge in [0.05, 0.1) is 6.20 Å². The maximum atomic E-state index is 12.5. The van der Waals surface area contributed by atoms with Crippen LogP contribution in [0.3, 0.4) is 0 Å². The monoisotopic (exact) mass is 227 g/mol. The van der Waals surface area contributed by atoms with Crippen LogP contribution in [0, 0.1) is 0 Å². The zero-order valence-electron chi connectivity index (χ0n) is 7.07. The van der Waals surface area contributed by atoms with E-state index in [4.69, 9.17) is 5.11 Å². The van der Waals surface area contributed by atoms with E-state index in [9.17, 15) is 22.4 Å². The lowest BCUT2D eigenvalue weighted by molar-refractivity contribution is -0.139. The summed E-state index contributed by atoms with van der Waals surface area (Å²) < 4.78 is 48.7. The van der Waals surface area contributed by atoms with Gasteiger partial charge in [0.2, 0.25) is 0 Å². The van der Waals surface area contributed by atoms with Gasteiger partial charge in [-0.05, 0) is 0 Å². The second-order valence-electron chi connectivity index (χ2n) is 2.67. The zero-order chi connectivity index (χ0) is 11.6. The standard InChI is InChI=1S/C6H5F4N3O2/c7-5(8)6(9,10)2-13-1-3(4(14)15)11-12-13/h1,5H,2H2,(H,14,15). The SMILES string of the molecule is O=C(O)c1cn(CC(F)(F)C(F)F)nn1. The Bertz CT molecular complexity index is 365. The normalized spacial score (nSPS) is 12.1. The summed E-state index contributed by atoms with van der Waals surface area (Å²) in [4.78, 5) is 10.3. The number of alkyl halides is 4. The number of nitrogens with zero attached hydrogens (tertiary/aromatic N) is 3. The number of hydrogen-bond acceptors (Lipinski definition) is 3. The lowest BCUT2D eigenvalue weighted by Gasteiger charge is -2.13. The van der Waals surface area contributed by atoms with Gasteiger partial charge in [-0.15, -0.1) is 5.10 Å². The first kappa shape index (κ1) is 11.4. The summed E-state index contributed by atoms with van der Waals surface area (Å²) in [7, 11) is 0. The molecule has 0 bridgehead atoms. The summed E-state index contributed by atoms with van der Waals surface area (Å²) in [5.41, 5.74) is -0.583. The first-order valence-electron chi connectivity index (χ1n) is 3.62. The van der Waals surface area contributed by atoms with Gasteiger partial charge in [0.15, 0.2) is 5.69 Å². The summed E-state index contributed by atoms with van der Waals surface area (Å²) in [5.74, 6) is -5.73. The number of aromatic carboxylic acids is 1. The van der Waals surface area contributed by atoms with E-state index in [0.717, 1.165) is 0 Å². The molecule has 5 nitrogen and oxygen atoms in total. The second kappa shape index (κ2) is 3.83. The fourth-order valence-corrected chi connectivity index (χ4v) is 0.759. The Kier molecular flexibility index (Phi) is 2.91. The highest BCUT2D eigenvalue weighted by molar-refractivity contribution is 5.84. The molecule has 15 heavy (non-hydrogen) atoms. The van der Waals surface area contributed by atoms with E-state index in [1.165, 1.54) is 0 Å². The Morgan fingerprint density at radius 1 is 1.60 bits per heavy atom. The highest BCUT2D eigenvalue weighted by atomic mass is 19.3. The minimum atomic E-state index is -4.26. The molecule has 0 amide bonds.